The lowest BCUT2D eigenvalue weighted by Crippen LogP contribution is -2.38. The van der Waals surface area contributed by atoms with E-state index in [-0.39, 0.29) is 32.1 Å². The van der Waals surface area contributed by atoms with Crippen molar-refractivity contribution in [1.82, 2.24) is 5.32 Å². The molecule has 1 aromatic rings. The molecule has 0 aromatic heterocycles. The number of carbonyl (C=O) groups is 2. The molecule has 4 nitrogen and oxygen atoms in total. The molecule has 2 rings (SSSR count). The Morgan fingerprint density at radius 3 is 2.30 bits per heavy atom. The number of benzene rings is 1. The highest BCUT2D eigenvalue weighted by Crippen LogP contribution is 2.36. The second-order valence-corrected chi connectivity index (χ2v) is 5.84. The van der Waals surface area contributed by atoms with Crippen molar-refractivity contribution in [3.63, 3.8) is 0 Å². The maximum Gasteiger partial charge on any atom is 0.305 e. The zero-order valence-electron chi connectivity index (χ0n) is 12.4. The Labute approximate surface area is 131 Å². The van der Waals surface area contributed by atoms with Gasteiger partial charge in [-0.3, -0.25) is 9.59 Å². The number of amides is 1. The summed E-state index contributed by atoms with van der Waals surface area (Å²) in [6.45, 7) is 0. The maximum atomic E-state index is 13.1. The summed E-state index contributed by atoms with van der Waals surface area (Å²) < 4.78 is 39.2. The number of alkyl halides is 2. The van der Waals surface area contributed by atoms with Gasteiger partial charge in [0.05, 0.1) is 12.5 Å². The first kappa shape index (κ1) is 17.3. The van der Waals surface area contributed by atoms with Crippen LogP contribution in [0.25, 0.3) is 0 Å². The Hall–Kier alpha value is -2.05. The highest BCUT2D eigenvalue weighted by atomic mass is 19.3. The lowest BCUT2D eigenvalue weighted by atomic mass is 9.86. The third-order valence-corrected chi connectivity index (χ3v) is 4.06. The number of aliphatic carboxylic acids is 1. The van der Waals surface area contributed by atoms with E-state index in [1.165, 1.54) is 24.3 Å². The second kappa shape index (κ2) is 7.02. The summed E-state index contributed by atoms with van der Waals surface area (Å²) in [5, 5.41) is 11.6. The summed E-state index contributed by atoms with van der Waals surface area (Å²) in [6, 6.07) is 4.34. The summed E-state index contributed by atoms with van der Waals surface area (Å²) in [6.07, 6.45) is -0.902. The predicted octanol–water partition coefficient (Wildman–Crippen LogP) is 3.28. The van der Waals surface area contributed by atoms with Crippen LogP contribution in [-0.4, -0.2) is 22.9 Å². The van der Waals surface area contributed by atoms with Gasteiger partial charge in [-0.2, -0.15) is 0 Å². The smallest absolute Gasteiger partial charge is 0.305 e. The van der Waals surface area contributed by atoms with E-state index < -0.39 is 35.6 Å². The molecular weight excluding hydrogens is 311 g/mol. The fourth-order valence-electron chi connectivity index (χ4n) is 2.71. The van der Waals surface area contributed by atoms with E-state index in [0.29, 0.717) is 5.56 Å². The largest absolute Gasteiger partial charge is 0.481 e. The second-order valence-electron chi connectivity index (χ2n) is 5.84. The van der Waals surface area contributed by atoms with Crippen LogP contribution in [0.5, 0.6) is 0 Å². The minimum absolute atomic E-state index is 0.0715. The molecule has 0 aliphatic heterocycles. The van der Waals surface area contributed by atoms with Gasteiger partial charge in [0.1, 0.15) is 5.82 Å². The van der Waals surface area contributed by atoms with Crippen molar-refractivity contribution in [2.24, 2.45) is 5.92 Å². The fourth-order valence-corrected chi connectivity index (χ4v) is 2.71. The molecule has 0 radical (unpaired) electrons. The lowest BCUT2D eigenvalue weighted by Gasteiger charge is -2.29. The molecule has 1 aliphatic carbocycles. The normalized spacial score (nSPS) is 19.1. The summed E-state index contributed by atoms with van der Waals surface area (Å²) in [5.74, 6) is -5.30. The Kier molecular flexibility index (Phi) is 5.28. The summed E-state index contributed by atoms with van der Waals surface area (Å²) in [5.41, 5.74) is 0.461. The number of carbonyl (C=O) groups excluding carboxylic acids is 1. The average Bonchev–Trinajstić information content (AvgIpc) is 2.46. The van der Waals surface area contributed by atoms with Gasteiger partial charge in [0.15, 0.2) is 0 Å². The van der Waals surface area contributed by atoms with Crippen LogP contribution in [-0.2, 0) is 9.59 Å². The maximum absolute atomic E-state index is 13.1. The van der Waals surface area contributed by atoms with E-state index in [2.05, 4.69) is 5.32 Å². The van der Waals surface area contributed by atoms with Gasteiger partial charge in [0.25, 0.3) is 0 Å². The van der Waals surface area contributed by atoms with Crippen LogP contribution in [0.1, 0.15) is 43.7 Å². The van der Waals surface area contributed by atoms with Gasteiger partial charge in [-0.05, 0) is 30.5 Å². The molecule has 1 fully saturated rings. The van der Waals surface area contributed by atoms with Crippen molar-refractivity contribution in [3.8, 4) is 0 Å². The molecule has 23 heavy (non-hydrogen) atoms. The van der Waals surface area contributed by atoms with Crippen LogP contribution in [0.3, 0.4) is 0 Å². The van der Waals surface area contributed by atoms with Crippen LogP contribution in [0.15, 0.2) is 24.3 Å². The molecule has 1 saturated carbocycles. The van der Waals surface area contributed by atoms with Crippen LogP contribution in [0.2, 0.25) is 0 Å². The van der Waals surface area contributed by atoms with Crippen LogP contribution >= 0.6 is 0 Å². The monoisotopic (exact) mass is 329 g/mol. The van der Waals surface area contributed by atoms with Crippen molar-refractivity contribution < 1.29 is 27.9 Å². The van der Waals surface area contributed by atoms with E-state index >= 15 is 0 Å². The van der Waals surface area contributed by atoms with Gasteiger partial charge in [-0.15, -0.1) is 0 Å². The van der Waals surface area contributed by atoms with Gasteiger partial charge in [0.2, 0.25) is 11.8 Å². The number of nitrogens with one attached hydrogen (secondary N) is 1. The van der Waals surface area contributed by atoms with Gasteiger partial charge >= 0.3 is 5.97 Å². The highest BCUT2D eigenvalue weighted by molar-refractivity contribution is 5.80. The van der Waals surface area contributed by atoms with Gasteiger partial charge in [-0.25, -0.2) is 13.2 Å². The van der Waals surface area contributed by atoms with Crippen LogP contribution < -0.4 is 5.32 Å². The molecule has 1 amide bonds. The first-order valence-corrected chi connectivity index (χ1v) is 7.42. The summed E-state index contributed by atoms with van der Waals surface area (Å²) in [4.78, 5) is 23.2. The number of halogens is 3. The Morgan fingerprint density at radius 1 is 1.22 bits per heavy atom. The zero-order valence-corrected chi connectivity index (χ0v) is 12.4. The number of hydrogen-bond donors (Lipinski definition) is 2. The van der Waals surface area contributed by atoms with E-state index in [1.54, 1.807) is 0 Å². The van der Waals surface area contributed by atoms with Crippen molar-refractivity contribution in [3.05, 3.63) is 35.6 Å². The van der Waals surface area contributed by atoms with Gasteiger partial charge in [0, 0.05) is 18.8 Å². The molecule has 1 aliphatic rings. The average molecular weight is 329 g/mol. The first-order valence-electron chi connectivity index (χ1n) is 7.42. The predicted molar refractivity (Wildman–Crippen MR) is 76.4 cm³/mol. The van der Waals surface area contributed by atoms with Crippen molar-refractivity contribution in [2.45, 2.75) is 44.1 Å². The molecule has 2 N–H and O–H groups in total. The molecule has 7 heteroatoms. The van der Waals surface area contributed by atoms with Crippen LogP contribution in [0.4, 0.5) is 13.2 Å². The molecule has 0 spiro atoms. The number of hydrogen-bond acceptors (Lipinski definition) is 2. The van der Waals surface area contributed by atoms with Crippen molar-refractivity contribution >= 4 is 11.9 Å². The Morgan fingerprint density at radius 2 is 1.78 bits per heavy atom. The quantitative estimate of drug-likeness (QED) is 0.871. The topological polar surface area (TPSA) is 66.4 Å². The van der Waals surface area contributed by atoms with E-state index in [1.807, 2.05) is 0 Å². The first-order chi connectivity index (χ1) is 10.8. The molecule has 0 saturated heterocycles. The summed E-state index contributed by atoms with van der Waals surface area (Å²) in [7, 11) is 0. The van der Waals surface area contributed by atoms with Crippen molar-refractivity contribution in [2.75, 3.05) is 0 Å². The minimum Gasteiger partial charge on any atom is -0.481 e. The number of carboxylic acids is 1. The molecule has 1 unspecified atom stereocenters. The van der Waals surface area contributed by atoms with Gasteiger partial charge in [-0.1, -0.05) is 12.1 Å². The van der Waals surface area contributed by atoms with E-state index in [0.717, 1.165) is 0 Å². The standard InChI is InChI=1S/C16H18F3NO3/c17-12-3-1-10(2-4-12)13(9-14(21)22)20-15(23)11-5-7-16(18,19)8-6-11/h1-4,11,13H,5-9H2,(H,20,23)(H,21,22). The molecular formula is C16H18F3NO3. The highest BCUT2D eigenvalue weighted by Gasteiger charge is 2.37. The Bertz CT molecular complexity index is 564. The van der Waals surface area contributed by atoms with Gasteiger partial charge < -0.3 is 10.4 Å². The SMILES string of the molecule is O=C(O)CC(NC(=O)C1CCC(F)(F)CC1)c1ccc(F)cc1. The number of carboxylic acid groups (broad SMARTS) is 1. The fraction of sp³-hybridized carbons (Fsp3) is 0.500. The minimum atomic E-state index is -2.73. The Balaban J connectivity index is 2.04. The van der Waals surface area contributed by atoms with Crippen LogP contribution in [0, 0.1) is 11.7 Å². The molecule has 126 valence electrons. The zero-order chi connectivity index (χ0) is 17.0. The number of rotatable bonds is 5. The van der Waals surface area contributed by atoms with Crippen molar-refractivity contribution in [1.29, 1.82) is 0 Å². The third-order valence-electron chi connectivity index (χ3n) is 4.06. The lowest BCUT2D eigenvalue weighted by molar-refractivity contribution is -0.138. The third kappa shape index (κ3) is 4.97. The molecule has 1 atom stereocenters. The van der Waals surface area contributed by atoms with E-state index in [4.69, 9.17) is 5.11 Å². The molecule has 0 bridgehead atoms. The van der Waals surface area contributed by atoms with E-state index in [9.17, 15) is 22.8 Å². The molecule has 1 aromatic carbocycles. The summed E-state index contributed by atoms with van der Waals surface area (Å²) >= 11 is 0. The molecule has 0 heterocycles.